The predicted molar refractivity (Wildman–Crippen MR) is 91.8 cm³/mol. The van der Waals surface area contributed by atoms with Crippen molar-refractivity contribution in [3.05, 3.63) is 52.6 Å². The van der Waals surface area contributed by atoms with E-state index in [1.165, 1.54) is 4.57 Å². The van der Waals surface area contributed by atoms with E-state index >= 15 is 0 Å². The number of allylic oxidation sites excluding steroid dienone is 1. The van der Waals surface area contributed by atoms with Crippen molar-refractivity contribution in [2.45, 2.75) is 13.8 Å². The summed E-state index contributed by atoms with van der Waals surface area (Å²) in [5, 5.41) is 12.0. The third kappa shape index (κ3) is 2.43. The molecule has 0 aliphatic heterocycles. The van der Waals surface area contributed by atoms with Crippen LogP contribution >= 0.6 is 0 Å². The molecule has 8 nitrogen and oxygen atoms in total. The molecule has 0 amide bonds. The van der Waals surface area contributed by atoms with Gasteiger partial charge in [0.15, 0.2) is 17.3 Å². The van der Waals surface area contributed by atoms with Gasteiger partial charge in [0, 0.05) is 11.3 Å². The first-order valence-corrected chi connectivity index (χ1v) is 7.16. The number of imidazole rings is 1. The average molecular weight is 324 g/mol. The summed E-state index contributed by atoms with van der Waals surface area (Å²) >= 11 is 0. The molecule has 0 aliphatic carbocycles. The van der Waals surface area contributed by atoms with E-state index in [1.54, 1.807) is 6.92 Å². The number of aromatic nitrogens is 4. The molecule has 2 aromatic heterocycles. The molecule has 0 aliphatic rings. The van der Waals surface area contributed by atoms with Crippen LogP contribution in [0.15, 0.2) is 40.8 Å². The highest BCUT2D eigenvalue weighted by atomic mass is 16.4. The maximum Gasteiger partial charge on any atom is 0.332 e. The quantitative estimate of drug-likeness (QED) is 0.293. The summed E-state index contributed by atoms with van der Waals surface area (Å²) in [6.45, 7) is 7.45. The predicted octanol–water partition coefficient (Wildman–Crippen LogP) is 1.68. The first kappa shape index (κ1) is 15.5. The number of aromatic amines is 1. The molecule has 8 heteroatoms. The molecule has 0 spiro atoms. The van der Waals surface area contributed by atoms with Crippen molar-refractivity contribution in [3.8, 4) is 11.4 Å². The van der Waals surface area contributed by atoms with Crippen LogP contribution < -0.4 is 11.4 Å². The van der Waals surface area contributed by atoms with Gasteiger partial charge in [-0.15, -0.1) is 0 Å². The molecule has 122 valence electrons. The zero-order valence-electron chi connectivity index (χ0n) is 13.2. The van der Waals surface area contributed by atoms with Crippen LogP contribution in [0.2, 0.25) is 0 Å². The van der Waals surface area contributed by atoms with Crippen molar-refractivity contribution >= 4 is 22.7 Å². The molecular formula is C16H16N6O2. The van der Waals surface area contributed by atoms with E-state index < -0.39 is 5.69 Å². The molecule has 0 atom stereocenters. The fourth-order valence-corrected chi connectivity index (χ4v) is 2.40. The number of oxime groups is 1. The van der Waals surface area contributed by atoms with Crippen LogP contribution in [0.3, 0.4) is 0 Å². The smallest absolute Gasteiger partial charge is 0.332 e. The number of nitrogens with two attached hydrogens (primary N) is 1. The number of hydrogen-bond donors (Lipinski definition) is 3. The van der Waals surface area contributed by atoms with E-state index in [0.29, 0.717) is 17.2 Å². The molecule has 0 fully saturated rings. The van der Waals surface area contributed by atoms with Crippen LogP contribution in [0.5, 0.6) is 0 Å². The molecule has 0 unspecified atom stereocenters. The largest absolute Gasteiger partial charge is 0.409 e. The molecule has 1 aromatic carbocycles. The number of aryl methyl sites for hydroxylation is 1. The van der Waals surface area contributed by atoms with Crippen LogP contribution in [-0.2, 0) is 0 Å². The number of fused-ring (bicyclic) bond motifs is 1. The molecule has 0 saturated carbocycles. The van der Waals surface area contributed by atoms with Crippen LogP contribution in [0.25, 0.3) is 28.2 Å². The zero-order valence-corrected chi connectivity index (χ0v) is 13.2. The summed E-state index contributed by atoms with van der Waals surface area (Å²) in [5.41, 5.74) is 8.39. The number of rotatable bonds is 3. The Bertz CT molecular complexity index is 1030. The Labute approximate surface area is 137 Å². The lowest BCUT2D eigenvalue weighted by Crippen LogP contribution is -2.17. The molecule has 24 heavy (non-hydrogen) atoms. The lowest BCUT2D eigenvalue weighted by Gasteiger charge is -2.07. The van der Waals surface area contributed by atoms with Gasteiger partial charge in [-0.25, -0.2) is 19.3 Å². The van der Waals surface area contributed by atoms with E-state index in [1.807, 2.05) is 31.2 Å². The fourth-order valence-electron chi connectivity index (χ4n) is 2.40. The van der Waals surface area contributed by atoms with Gasteiger partial charge in [-0.05, 0) is 13.8 Å². The summed E-state index contributed by atoms with van der Waals surface area (Å²) in [7, 11) is 0. The second-order valence-electron chi connectivity index (χ2n) is 5.45. The first-order chi connectivity index (χ1) is 11.4. The normalized spacial score (nSPS) is 11.8. The molecule has 2 heterocycles. The number of benzene rings is 1. The highest BCUT2D eigenvalue weighted by Gasteiger charge is 2.19. The molecule has 4 N–H and O–H groups in total. The van der Waals surface area contributed by atoms with E-state index in [2.05, 4.69) is 26.7 Å². The Balaban J connectivity index is 2.40. The number of nitrogens with one attached hydrogen (secondary N) is 1. The van der Waals surface area contributed by atoms with E-state index in [4.69, 9.17) is 10.9 Å². The molecule has 0 bridgehead atoms. The number of nitrogens with zero attached hydrogens (tertiary/aromatic N) is 4. The third-order valence-corrected chi connectivity index (χ3v) is 3.58. The maximum atomic E-state index is 12.2. The van der Waals surface area contributed by atoms with Gasteiger partial charge in [0.2, 0.25) is 0 Å². The summed E-state index contributed by atoms with van der Waals surface area (Å²) < 4.78 is 1.32. The maximum absolute atomic E-state index is 12.2. The standard InChI is InChI=1S/C16H16N6O2/c1-8(2)22-15-12(19-16(22)23)11(13(17)21-24)18-14(20-15)10-6-4-9(3)5-7-10/h4-7,24H,1H2,2-3H3,(H2,17,21)(H,19,23). The highest BCUT2D eigenvalue weighted by Crippen LogP contribution is 2.21. The Morgan fingerprint density at radius 1 is 1.33 bits per heavy atom. The van der Waals surface area contributed by atoms with Crippen molar-refractivity contribution in [1.29, 1.82) is 0 Å². The van der Waals surface area contributed by atoms with Crippen LogP contribution in [0.1, 0.15) is 18.2 Å². The summed E-state index contributed by atoms with van der Waals surface area (Å²) in [5.74, 6) is 0.143. The SMILES string of the molecule is C=C(C)n1c(=O)[nH]c2c(C(N)=NO)nc(-c3ccc(C)cc3)nc21. The molecule has 0 radical (unpaired) electrons. The van der Waals surface area contributed by atoms with Crippen molar-refractivity contribution < 1.29 is 5.21 Å². The van der Waals surface area contributed by atoms with E-state index in [0.717, 1.165) is 11.1 Å². The van der Waals surface area contributed by atoms with Gasteiger partial charge in [0.1, 0.15) is 11.2 Å². The van der Waals surface area contributed by atoms with Gasteiger partial charge in [0.05, 0.1) is 0 Å². The van der Waals surface area contributed by atoms with Gasteiger partial charge < -0.3 is 15.9 Å². The second-order valence-corrected chi connectivity index (χ2v) is 5.45. The lowest BCUT2D eigenvalue weighted by atomic mass is 10.1. The third-order valence-electron chi connectivity index (χ3n) is 3.58. The number of H-pyrrole nitrogens is 1. The minimum atomic E-state index is -0.417. The molecular weight excluding hydrogens is 308 g/mol. The van der Waals surface area contributed by atoms with Gasteiger partial charge in [-0.2, -0.15) is 0 Å². The van der Waals surface area contributed by atoms with Crippen molar-refractivity contribution in [2.75, 3.05) is 0 Å². The van der Waals surface area contributed by atoms with E-state index in [9.17, 15) is 4.79 Å². The van der Waals surface area contributed by atoms with Gasteiger partial charge in [-0.1, -0.05) is 41.6 Å². The lowest BCUT2D eigenvalue weighted by molar-refractivity contribution is 0.318. The Morgan fingerprint density at radius 3 is 2.58 bits per heavy atom. The fraction of sp³-hybridized carbons (Fsp3) is 0.125. The Morgan fingerprint density at radius 2 is 2.00 bits per heavy atom. The second kappa shape index (κ2) is 5.65. The zero-order chi connectivity index (χ0) is 17.4. The van der Waals surface area contributed by atoms with Crippen LogP contribution in [0, 0.1) is 6.92 Å². The van der Waals surface area contributed by atoms with Crippen molar-refractivity contribution in [3.63, 3.8) is 0 Å². The van der Waals surface area contributed by atoms with Gasteiger partial charge in [-0.3, -0.25) is 0 Å². The summed E-state index contributed by atoms with van der Waals surface area (Å²) in [6.07, 6.45) is 0. The van der Waals surface area contributed by atoms with Crippen LogP contribution in [-0.4, -0.2) is 30.6 Å². The first-order valence-electron chi connectivity index (χ1n) is 7.16. The van der Waals surface area contributed by atoms with E-state index in [-0.39, 0.29) is 17.0 Å². The topological polar surface area (TPSA) is 122 Å². The number of amidine groups is 1. The van der Waals surface area contributed by atoms with Gasteiger partial charge >= 0.3 is 5.69 Å². The minimum Gasteiger partial charge on any atom is -0.409 e. The number of hydrogen-bond acceptors (Lipinski definition) is 5. The minimum absolute atomic E-state index is 0.148. The van der Waals surface area contributed by atoms with Crippen molar-refractivity contribution in [2.24, 2.45) is 10.9 Å². The summed E-state index contributed by atoms with van der Waals surface area (Å²) in [6, 6.07) is 7.58. The molecule has 3 rings (SSSR count). The average Bonchev–Trinajstić information content (AvgIpc) is 2.89. The van der Waals surface area contributed by atoms with Gasteiger partial charge in [0.25, 0.3) is 0 Å². The van der Waals surface area contributed by atoms with Crippen molar-refractivity contribution in [1.82, 2.24) is 19.5 Å². The monoisotopic (exact) mass is 324 g/mol. The Hall–Kier alpha value is -3.42. The Kier molecular flexibility index (Phi) is 3.64. The highest BCUT2D eigenvalue weighted by molar-refractivity contribution is 6.05. The molecule has 3 aromatic rings. The molecule has 0 saturated heterocycles. The summed E-state index contributed by atoms with van der Waals surface area (Å²) in [4.78, 5) is 23.6. The van der Waals surface area contributed by atoms with Crippen LogP contribution in [0.4, 0.5) is 0 Å².